The maximum atomic E-state index is 12.6. The minimum absolute atomic E-state index is 0.0852. The van der Waals surface area contributed by atoms with Gasteiger partial charge in [0.15, 0.2) is 0 Å². The lowest BCUT2D eigenvalue weighted by Crippen LogP contribution is -2.40. The molecule has 2 aliphatic rings. The van der Waals surface area contributed by atoms with Crippen molar-refractivity contribution in [3.05, 3.63) is 29.3 Å². The van der Waals surface area contributed by atoms with Crippen molar-refractivity contribution in [2.45, 2.75) is 13.3 Å². The molecule has 1 aromatic carbocycles. The average molecular weight is 304 g/mol. The van der Waals surface area contributed by atoms with Crippen molar-refractivity contribution in [3.63, 3.8) is 0 Å². The van der Waals surface area contributed by atoms with Crippen LogP contribution in [0.25, 0.3) is 0 Å². The van der Waals surface area contributed by atoms with Gasteiger partial charge in [0.1, 0.15) is 5.75 Å². The molecule has 5 nitrogen and oxygen atoms in total. The Morgan fingerprint density at radius 3 is 2.82 bits per heavy atom. The second-order valence-corrected chi connectivity index (χ2v) is 6.32. The fourth-order valence-corrected chi connectivity index (χ4v) is 3.37. The Kier molecular flexibility index (Phi) is 4.64. The number of likely N-dealkylation sites (tertiary alicyclic amines) is 1. The number of carbonyl (C=O) groups excluding carboxylic acids is 1. The summed E-state index contributed by atoms with van der Waals surface area (Å²) < 4.78 is 5.38. The molecule has 22 heavy (non-hydrogen) atoms. The van der Waals surface area contributed by atoms with Gasteiger partial charge in [-0.3, -0.25) is 9.69 Å². The number of aromatic hydroxyl groups is 1. The highest BCUT2D eigenvalue weighted by molar-refractivity contribution is 5.96. The lowest BCUT2D eigenvalue weighted by Gasteiger charge is -2.29. The van der Waals surface area contributed by atoms with Gasteiger partial charge < -0.3 is 14.7 Å². The SMILES string of the molecule is Cc1cc(O)ccc1C(=O)N1CC[C@H](CN2CCOCC2)C1. The van der Waals surface area contributed by atoms with Gasteiger partial charge in [-0.1, -0.05) is 0 Å². The average Bonchev–Trinajstić information content (AvgIpc) is 2.96. The number of hydrogen-bond acceptors (Lipinski definition) is 4. The monoisotopic (exact) mass is 304 g/mol. The molecule has 1 aromatic rings. The Bertz CT molecular complexity index is 541. The van der Waals surface area contributed by atoms with Crippen LogP contribution >= 0.6 is 0 Å². The standard InChI is InChI=1S/C17H24N2O3/c1-13-10-15(20)2-3-16(13)17(21)19-5-4-14(12-19)11-18-6-8-22-9-7-18/h2-3,10,14,20H,4-9,11-12H2,1H3/t14-/m1/s1. The Balaban J connectivity index is 1.58. The van der Waals surface area contributed by atoms with Crippen LogP contribution in [-0.2, 0) is 4.74 Å². The minimum atomic E-state index is 0.0852. The summed E-state index contributed by atoms with van der Waals surface area (Å²) in [6.07, 6.45) is 1.07. The zero-order chi connectivity index (χ0) is 15.5. The molecule has 1 amide bonds. The molecule has 0 bridgehead atoms. The molecule has 0 aromatic heterocycles. The lowest BCUT2D eigenvalue weighted by atomic mass is 10.1. The Hall–Kier alpha value is -1.59. The molecule has 3 rings (SSSR count). The predicted molar refractivity (Wildman–Crippen MR) is 84.1 cm³/mol. The summed E-state index contributed by atoms with van der Waals surface area (Å²) in [4.78, 5) is 17.0. The molecular formula is C17H24N2O3. The number of aryl methyl sites for hydroxylation is 1. The van der Waals surface area contributed by atoms with Crippen LogP contribution in [0.2, 0.25) is 0 Å². The molecular weight excluding hydrogens is 280 g/mol. The minimum Gasteiger partial charge on any atom is -0.508 e. The fraction of sp³-hybridized carbons (Fsp3) is 0.588. The van der Waals surface area contributed by atoms with Gasteiger partial charge in [-0.15, -0.1) is 0 Å². The lowest BCUT2D eigenvalue weighted by molar-refractivity contribution is 0.0310. The summed E-state index contributed by atoms with van der Waals surface area (Å²) in [6, 6.07) is 4.96. The van der Waals surface area contributed by atoms with E-state index in [0.717, 1.165) is 57.9 Å². The third-order valence-corrected chi connectivity index (χ3v) is 4.63. The fourth-order valence-electron chi connectivity index (χ4n) is 3.37. The van der Waals surface area contributed by atoms with E-state index in [9.17, 15) is 9.90 Å². The van der Waals surface area contributed by atoms with E-state index in [1.807, 2.05) is 11.8 Å². The van der Waals surface area contributed by atoms with Crippen LogP contribution in [0.3, 0.4) is 0 Å². The molecule has 0 radical (unpaired) electrons. The van der Waals surface area contributed by atoms with Gasteiger partial charge in [0, 0.05) is 38.3 Å². The van der Waals surface area contributed by atoms with Gasteiger partial charge in [-0.2, -0.15) is 0 Å². The number of rotatable bonds is 3. The van der Waals surface area contributed by atoms with Crippen molar-refractivity contribution in [3.8, 4) is 5.75 Å². The molecule has 0 unspecified atom stereocenters. The molecule has 1 N–H and O–H groups in total. The number of phenols is 1. The van der Waals surface area contributed by atoms with Crippen molar-refractivity contribution in [2.24, 2.45) is 5.92 Å². The molecule has 2 fully saturated rings. The van der Waals surface area contributed by atoms with E-state index in [4.69, 9.17) is 4.74 Å². The number of phenolic OH excluding ortho intramolecular Hbond substituents is 1. The first-order valence-corrected chi connectivity index (χ1v) is 8.02. The number of benzene rings is 1. The zero-order valence-electron chi connectivity index (χ0n) is 13.1. The first-order chi connectivity index (χ1) is 10.6. The Labute approximate surface area is 131 Å². The molecule has 2 saturated heterocycles. The van der Waals surface area contributed by atoms with Crippen LogP contribution in [-0.4, -0.2) is 66.8 Å². The highest BCUT2D eigenvalue weighted by atomic mass is 16.5. The number of hydrogen-bond donors (Lipinski definition) is 1. The predicted octanol–water partition coefficient (Wildman–Crippen LogP) is 1.49. The number of nitrogens with zero attached hydrogens (tertiary/aromatic N) is 2. The zero-order valence-corrected chi connectivity index (χ0v) is 13.1. The van der Waals surface area contributed by atoms with Crippen molar-refractivity contribution >= 4 is 5.91 Å². The van der Waals surface area contributed by atoms with Crippen LogP contribution < -0.4 is 0 Å². The van der Waals surface area contributed by atoms with E-state index in [1.54, 1.807) is 18.2 Å². The van der Waals surface area contributed by atoms with Crippen LogP contribution in [0, 0.1) is 12.8 Å². The summed E-state index contributed by atoms with van der Waals surface area (Å²) in [5.74, 6) is 0.849. The molecule has 1 atom stereocenters. The normalized spacial score (nSPS) is 23.0. The number of ether oxygens (including phenoxy) is 1. The number of amides is 1. The van der Waals surface area contributed by atoms with Crippen LogP contribution in [0.1, 0.15) is 22.3 Å². The van der Waals surface area contributed by atoms with Crippen molar-refractivity contribution in [1.82, 2.24) is 9.80 Å². The first-order valence-electron chi connectivity index (χ1n) is 8.02. The van der Waals surface area contributed by atoms with Crippen molar-refractivity contribution in [2.75, 3.05) is 45.9 Å². The van der Waals surface area contributed by atoms with Gasteiger partial charge in [-0.05, 0) is 43.0 Å². The van der Waals surface area contributed by atoms with Crippen LogP contribution in [0.5, 0.6) is 5.75 Å². The third-order valence-electron chi connectivity index (χ3n) is 4.63. The Morgan fingerprint density at radius 2 is 2.09 bits per heavy atom. The summed E-state index contributed by atoms with van der Waals surface area (Å²) in [6.45, 7) is 8.23. The summed E-state index contributed by atoms with van der Waals surface area (Å²) in [5.41, 5.74) is 1.53. The largest absolute Gasteiger partial charge is 0.508 e. The quantitative estimate of drug-likeness (QED) is 0.919. The number of carbonyl (C=O) groups is 1. The second kappa shape index (κ2) is 6.67. The topological polar surface area (TPSA) is 53.0 Å². The molecule has 0 spiro atoms. The van der Waals surface area contributed by atoms with E-state index < -0.39 is 0 Å². The van der Waals surface area contributed by atoms with Crippen molar-refractivity contribution in [1.29, 1.82) is 0 Å². The first kappa shape index (κ1) is 15.3. The van der Waals surface area contributed by atoms with E-state index in [2.05, 4.69) is 4.90 Å². The smallest absolute Gasteiger partial charge is 0.254 e. The highest BCUT2D eigenvalue weighted by Crippen LogP contribution is 2.23. The van der Waals surface area contributed by atoms with E-state index in [1.165, 1.54) is 0 Å². The van der Waals surface area contributed by atoms with Crippen LogP contribution in [0.4, 0.5) is 0 Å². The van der Waals surface area contributed by atoms with E-state index in [-0.39, 0.29) is 11.7 Å². The second-order valence-electron chi connectivity index (χ2n) is 6.32. The summed E-state index contributed by atoms with van der Waals surface area (Å²) in [7, 11) is 0. The van der Waals surface area contributed by atoms with Gasteiger partial charge in [0.05, 0.1) is 13.2 Å². The van der Waals surface area contributed by atoms with E-state index >= 15 is 0 Å². The Morgan fingerprint density at radius 1 is 1.32 bits per heavy atom. The van der Waals surface area contributed by atoms with Crippen LogP contribution in [0.15, 0.2) is 18.2 Å². The summed E-state index contributed by atoms with van der Waals surface area (Å²) in [5, 5.41) is 9.47. The van der Waals surface area contributed by atoms with Crippen molar-refractivity contribution < 1.29 is 14.6 Å². The molecule has 2 aliphatic heterocycles. The maximum absolute atomic E-state index is 12.6. The van der Waals surface area contributed by atoms with Gasteiger partial charge in [0.2, 0.25) is 0 Å². The third kappa shape index (κ3) is 3.42. The molecule has 0 saturated carbocycles. The highest BCUT2D eigenvalue weighted by Gasteiger charge is 2.29. The number of morpholine rings is 1. The van der Waals surface area contributed by atoms with E-state index in [0.29, 0.717) is 11.5 Å². The van der Waals surface area contributed by atoms with Gasteiger partial charge in [0.25, 0.3) is 5.91 Å². The maximum Gasteiger partial charge on any atom is 0.254 e. The van der Waals surface area contributed by atoms with Gasteiger partial charge >= 0.3 is 0 Å². The molecule has 2 heterocycles. The van der Waals surface area contributed by atoms with Gasteiger partial charge in [-0.25, -0.2) is 0 Å². The molecule has 120 valence electrons. The summed E-state index contributed by atoms with van der Waals surface area (Å²) >= 11 is 0. The molecule has 0 aliphatic carbocycles. The molecule has 5 heteroatoms.